The van der Waals surface area contributed by atoms with Crippen molar-refractivity contribution in [1.82, 2.24) is 24.9 Å². The van der Waals surface area contributed by atoms with Gasteiger partial charge in [-0.25, -0.2) is 9.97 Å². The molecule has 7 nitrogen and oxygen atoms in total. The maximum atomic E-state index is 4.39. The summed E-state index contributed by atoms with van der Waals surface area (Å²) in [5, 5.41) is 3.17. The van der Waals surface area contributed by atoms with Gasteiger partial charge in [-0.1, -0.05) is 6.92 Å². The second kappa shape index (κ2) is 6.03. The Labute approximate surface area is 112 Å². The summed E-state index contributed by atoms with van der Waals surface area (Å²) in [4.78, 5) is 22.9. The molecule has 1 N–H and O–H groups in total. The van der Waals surface area contributed by atoms with Crippen molar-refractivity contribution < 1.29 is 0 Å². The normalized spacial score (nSPS) is 10.3. The molecule has 0 atom stereocenters. The number of nitrogens with zero attached hydrogens (tertiary/aromatic N) is 6. The Bertz CT molecular complexity index is 527. The van der Waals surface area contributed by atoms with Gasteiger partial charge in [-0.2, -0.15) is 15.0 Å². The Morgan fingerprint density at radius 2 is 1.84 bits per heavy atom. The topological polar surface area (TPSA) is 79.7 Å². The van der Waals surface area contributed by atoms with E-state index in [1.54, 1.807) is 12.4 Å². The highest BCUT2D eigenvalue weighted by molar-refractivity contribution is 5.55. The summed E-state index contributed by atoms with van der Waals surface area (Å²) in [6.07, 6.45) is 5.86. The number of hydrogen-bond acceptors (Lipinski definition) is 7. The fourth-order valence-corrected chi connectivity index (χ4v) is 1.42. The zero-order chi connectivity index (χ0) is 13.7. The van der Waals surface area contributed by atoms with Gasteiger partial charge in [0.15, 0.2) is 5.82 Å². The molecular formula is C12H17N7. The number of nitrogens with one attached hydrogen (secondary N) is 1. The van der Waals surface area contributed by atoms with Crippen molar-refractivity contribution in [2.45, 2.75) is 13.3 Å². The molecule has 0 amide bonds. The van der Waals surface area contributed by atoms with Gasteiger partial charge < -0.3 is 10.2 Å². The molecular weight excluding hydrogens is 242 g/mol. The van der Waals surface area contributed by atoms with Crippen LogP contribution in [0, 0.1) is 0 Å². The van der Waals surface area contributed by atoms with Crippen LogP contribution >= 0.6 is 0 Å². The summed E-state index contributed by atoms with van der Waals surface area (Å²) in [7, 11) is 3.79. The fraction of sp³-hybridized carbons (Fsp3) is 0.417. The quantitative estimate of drug-likeness (QED) is 0.864. The maximum Gasteiger partial charge on any atom is 0.230 e. The average Bonchev–Trinajstić information content (AvgIpc) is 2.45. The van der Waals surface area contributed by atoms with Crippen molar-refractivity contribution in [2.24, 2.45) is 0 Å². The Morgan fingerprint density at radius 3 is 2.47 bits per heavy atom. The predicted molar refractivity (Wildman–Crippen MR) is 74.0 cm³/mol. The predicted octanol–water partition coefficient (Wildman–Crippen LogP) is 1.22. The van der Waals surface area contributed by atoms with Gasteiger partial charge >= 0.3 is 0 Å². The van der Waals surface area contributed by atoms with E-state index in [0.717, 1.165) is 18.5 Å². The molecule has 2 aromatic heterocycles. The van der Waals surface area contributed by atoms with E-state index in [9.17, 15) is 0 Å². The molecule has 0 fully saturated rings. The summed E-state index contributed by atoms with van der Waals surface area (Å²) < 4.78 is 0. The van der Waals surface area contributed by atoms with Crippen LogP contribution < -0.4 is 10.2 Å². The SMILES string of the molecule is CCCNc1nc(-c2cncnc2)nc(N(C)C)n1. The second-order valence-corrected chi connectivity index (χ2v) is 4.23. The van der Waals surface area contributed by atoms with Gasteiger partial charge in [-0.15, -0.1) is 0 Å². The number of hydrogen-bond donors (Lipinski definition) is 1. The monoisotopic (exact) mass is 259 g/mol. The Kier molecular flexibility index (Phi) is 4.17. The van der Waals surface area contributed by atoms with Gasteiger partial charge in [-0.3, -0.25) is 0 Å². The van der Waals surface area contributed by atoms with E-state index in [1.165, 1.54) is 6.33 Å². The molecule has 2 rings (SSSR count). The molecule has 2 heterocycles. The second-order valence-electron chi connectivity index (χ2n) is 4.23. The van der Waals surface area contributed by atoms with Gasteiger partial charge in [0.1, 0.15) is 6.33 Å². The van der Waals surface area contributed by atoms with Crippen LogP contribution in [-0.4, -0.2) is 45.6 Å². The lowest BCUT2D eigenvalue weighted by Gasteiger charge is -2.13. The third-order valence-electron chi connectivity index (χ3n) is 2.38. The lowest BCUT2D eigenvalue weighted by atomic mass is 10.3. The first-order valence-corrected chi connectivity index (χ1v) is 6.13. The van der Waals surface area contributed by atoms with E-state index in [-0.39, 0.29) is 0 Å². The van der Waals surface area contributed by atoms with Crippen LogP contribution in [-0.2, 0) is 0 Å². The molecule has 0 saturated carbocycles. The molecule has 0 spiro atoms. The lowest BCUT2D eigenvalue weighted by Crippen LogP contribution is -2.16. The molecule has 0 aliphatic rings. The highest BCUT2D eigenvalue weighted by Gasteiger charge is 2.09. The first-order valence-electron chi connectivity index (χ1n) is 6.13. The van der Waals surface area contributed by atoms with Gasteiger partial charge in [0, 0.05) is 33.0 Å². The summed E-state index contributed by atoms with van der Waals surface area (Å²) in [5.74, 6) is 1.74. The molecule has 2 aromatic rings. The average molecular weight is 259 g/mol. The highest BCUT2D eigenvalue weighted by Crippen LogP contribution is 2.16. The van der Waals surface area contributed by atoms with E-state index >= 15 is 0 Å². The van der Waals surface area contributed by atoms with Crippen molar-refractivity contribution in [3.8, 4) is 11.4 Å². The van der Waals surface area contributed by atoms with Crippen LogP contribution in [0.25, 0.3) is 11.4 Å². The molecule has 0 aliphatic carbocycles. The summed E-state index contributed by atoms with van der Waals surface area (Å²) in [6, 6.07) is 0. The maximum absolute atomic E-state index is 4.39. The fourth-order valence-electron chi connectivity index (χ4n) is 1.42. The Balaban J connectivity index is 2.39. The highest BCUT2D eigenvalue weighted by atomic mass is 15.3. The standard InChI is InChI=1S/C12H17N7/c1-4-5-15-11-16-10(9-6-13-8-14-7-9)17-12(18-11)19(2)3/h6-8H,4-5H2,1-3H3,(H,15,16,17,18). The lowest BCUT2D eigenvalue weighted by molar-refractivity contribution is 0.918. The van der Waals surface area contributed by atoms with Crippen LogP contribution in [0.1, 0.15) is 13.3 Å². The molecule has 100 valence electrons. The molecule has 7 heteroatoms. The molecule has 19 heavy (non-hydrogen) atoms. The van der Waals surface area contributed by atoms with Crippen LogP contribution in [0.15, 0.2) is 18.7 Å². The largest absolute Gasteiger partial charge is 0.354 e. The van der Waals surface area contributed by atoms with E-state index in [2.05, 4.69) is 37.2 Å². The number of anilines is 2. The van der Waals surface area contributed by atoms with Crippen molar-refractivity contribution in [3.63, 3.8) is 0 Å². The van der Waals surface area contributed by atoms with Crippen LogP contribution in [0.3, 0.4) is 0 Å². The van der Waals surface area contributed by atoms with E-state index < -0.39 is 0 Å². The third-order valence-corrected chi connectivity index (χ3v) is 2.38. The smallest absolute Gasteiger partial charge is 0.230 e. The van der Waals surface area contributed by atoms with Crippen LogP contribution in [0.5, 0.6) is 0 Å². The summed E-state index contributed by atoms with van der Waals surface area (Å²) in [6.45, 7) is 2.91. The molecule has 0 saturated heterocycles. The van der Waals surface area contributed by atoms with Crippen molar-refractivity contribution >= 4 is 11.9 Å². The third kappa shape index (κ3) is 3.34. The van der Waals surface area contributed by atoms with E-state index in [1.807, 2.05) is 19.0 Å². The van der Waals surface area contributed by atoms with Gasteiger partial charge in [0.05, 0.1) is 5.56 Å². The van der Waals surface area contributed by atoms with Gasteiger partial charge in [0.2, 0.25) is 11.9 Å². The summed E-state index contributed by atoms with van der Waals surface area (Å²) >= 11 is 0. The molecule has 0 unspecified atom stereocenters. The molecule has 0 bridgehead atoms. The number of aromatic nitrogens is 5. The molecule has 0 aliphatic heterocycles. The summed E-state index contributed by atoms with van der Waals surface area (Å²) in [5.41, 5.74) is 0.771. The van der Waals surface area contributed by atoms with E-state index in [0.29, 0.717) is 17.7 Å². The van der Waals surface area contributed by atoms with Gasteiger partial charge in [-0.05, 0) is 6.42 Å². The first kappa shape index (κ1) is 13.1. The van der Waals surface area contributed by atoms with Crippen molar-refractivity contribution in [3.05, 3.63) is 18.7 Å². The molecule has 0 aromatic carbocycles. The van der Waals surface area contributed by atoms with Gasteiger partial charge in [0.25, 0.3) is 0 Å². The zero-order valence-electron chi connectivity index (χ0n) is 11.3. The van der Waals surface area contributed by atoms with Crippen molar-refractivity contribution in [2.75, 3.05) is 30.9 Å². The van der Waals surface area contributed by atoms with Crippen LogP contribution in [0.2, 0.25) is 0 Å². The Hall–Kier alpha value is -2.31. The molecule has 0 radical (unpaired) electrons. The minimum Gasteiger partial charge on any atom is -0.354 e. The van der Waals surface area contributed by atoms with E-state index in [4.69, 9.17) is 0 Å². The Morgan fingerprint density at radius 1 is 1.11 bits per heavy atom. The first-order chi connectivity index (χ1) is 9.20. The van der Waals surface area contributed by atoms with Crippen molar-refractivity contribution in [1.29, 1.82) is 0 Å². The van der Waals surface area contributed by atoms with Crippen LogP contribution in [0.4, 0.5) is 11.9 Å². The zero-order valence-corrected chi connectivity index (χ0v) is 11.3. The minimum absolute atomic E-state index is 0.568. The minimum atomic E-state index is 0.568. The number of rotatable bonds is 5.